The maximum absolute atomic E-state index is 11.5. The summed E-state index contributed by atoms with van der Waals surface area (Å²) in [4.78, 5) is 16.3. The van der Waals surface area contributed by atoms with Crippen molar-refractivity contribution in [3.05, 3.63) is 37.4 Å². The van der Waals surface area contributed by atoms with Gasteiger partial charge in [-0.2, -0.15) is 0 Å². The van der Waals surface area contributed by atoms with Crippen molar-refractivity contribution >= 4 is 62.3 Å². The number of nitrogens with zero attached hydrogens (tertiary/aromatic N) is 1. The van der Waals surface area contributed by atoms with Gasteiger partial charge in [-0.15, -0.1) is 0 Å². The predicted molar refractivity (Wildman–Crippen MR) is 85.6 cm³/mol. The lowest BCUT2D eigenvalue weighted by Crippen LogP contribution is -1.99. The quantitative estimate of drug-likeness (QED) is 0.610. The minimum Gasteiger partial charge on any atom is -0.465 e. The zero-order chi connectivity index (χ0) is 14.0. The van der Waals surface area contributed by atoms with Crippen molar-refractivity contribution in [1.29, 1.82) is 0 Å². The number of carbonyl (C=O) groups excluding carboxylic acids is 1. The fourth-order valence-electron chi connectivity index (χ4n) is 1.44. The number of halogens is 2. The molecule has 1 heterocycles. The molecule has 0 fully saturated rings. The lowest BCUT2D eigenvalue weighted by atomic mass is 10.3. The molecule has 7 heteroatoms. The summed E-state index contributed by atoms with van der Waals surface area (Å²) in [5, 5.41) is 4.51. The molecular weight excluding hydrogens is 399 g/mol. The third kappa shape index (κ3) is 3.37. The molecule has 2 rings (SSSR count). The summed E-state index contributed by atoms with van der Waals surface area (Å²) in [6.45, 7) is 1.78. The molecule has 0 unspecified atom stereocenters. The van der Waals surface area contributed by atoms with Crippen LogP contribution in [0, 0.1) is 10.5 Å². The minimum atomic E-state index is -0.367. The van der Waals surface area contributed by atoms with Gasteiger partial charge in [0.15, 0.2) is 5.13 Å². The number of hydrogen-bond acceptors (Lipinski definition) is 5. The lowest BCUT2D eigenvalue weighted by Gasteiger charge is -2.05. The number of ether oxygens (including phenoxy) is 1. The van der Waals surface area contributed by atoms with Crippen LogP contribution in [-0.4, -0.2) is 18.1 Å². The second kappa shape index (κ2) is 6.06. The van der Waals surface area contributed by atoms with Gasteiger partial charge in [-0.25, -0.2) is 9.78 Å². The van der Waals surface area contributed by atoms with Crippen molar-refractivity contribution in [3.63, 3.8) is 0 Å². The molecular formula is C12H10ClIN2O2S. The van der Waals surface area contributed by atoms with E-state index in [-0.39, 0.29) is 5.97 Å². The molecule has 0 saturated carbocycles. The Labute approximate surface area is 133 Å². The van der Waals surface area contributed by atoms with Gasteiger partial charge in [-0.1, -0.05) is 22.9 Å². The number of rotatable bonds is 3. The molecule has 1 N–H and O–H groups in total. The Hall–Kier alpha value is -0.860. The van der Waals surface area contributed by atoms with E-state index in [1.807, 2.05) is 12.1 Å². The molecule has 0 aliphatic carbocycles. The van der Waals surface area contributed by atoms with Gasteiger partial charge >= 0.3 is 5.97 Å². The summed E-state index contributed by atoms with van der Waals surface area (Å²) in [5.74, 6) is -0.367. The number of aromatic nitrogens is 1. The minimum absolute atomic E-state index is 0.367. The SMILES string of the molecule is COC(=O)c1sc(Nc2ccc(Cl)cc2I)nc1C. The molecule has 0 saturated heterocycles. The third-order valence-electron chi connectivity index (χ3n) is 2.34. The molecule has 1 aromatic carbocycles. The van der Waals surface area contributed by atoms with E-state index in [1.165, 1.54) is 18.4 Å². The second-order valence-corrected chi connectivity index (χ2v) is 6.27. The van der Waals surface area contributed by atoms with Crippen LogP contribution in [0.2, 0.25) is 5.02 Å². The standard InChI is InChI=1S/C12H10ClIN2O2S/c1-6-10(11(17)18-2)19-12(15-6)16-9-4-3-7(13)5-8(9)14/h3-5H,1-2H3,(H,15,16). The Morgan fingerprint density at radius 1 is 1.53 bits per heavy atom. The summed E-state index contributed by atoms with van der Waals surface area (Å²) in [6, 6.07) is 5.53. The number of thiazole rings is 1. The molecule has 0 radical (unpaired) electrons. The zero-order valence-corrected chi connectivity index (χ0v) is 13.9. The van der Waals surface area contributed by atoms with Crippen molar-refractivity contribution in [1.82, 2.24) is 4.98 Å². The van der Waals surface area contributed by atoms with Gasteiger partial charge in [0, 0.05) is 8.59 Å². The highest BCUT2D eigenvalue weighted by Gasteiger charge is 2.16. The monoisotopic (exact) mass is 408 g/mol. The van der Waals surface area contributed by atoms with E-state index >= 15 is 0 Å². The van der Waals surface area contributed by atoms with Crippen molar-refractivity contribution in [3.8, 4) is 0 Å². The molecule has 0 spiro atoms. The average molecular weight is 409 g/mol. The number of anilines is 2. The van der Waals surface area contributed by atoms with Crippen LogP contribution in [0.4, 0.5) is 10.8 Å². The van der Waals surface area contributed by atoms with Crippen LogP contribution < -0.4 is 5.32 Å². The number of nitrogens with one attached hydrogen (secondary N) is 1. The molecule has 19 heavy (non-hydrogen) atoms. The molecule has 0 amide bonds. The smallest absolute Gasteiger partial charge is 0.350 e. The van der Waals surface area contributed by atoms with Crippen LogP contribution in [0.25, 0.3) is 0 Å². The Bertz CT molecular complexity index is 630. The molecule has 1 aromatic heterocycles. The lowest BCUT2D eigenvalue weighted by molar-refractivity contribution is 0.0605. The predicted octanol–water partition coefficient (Wildman–Crippen LogP) is 4.24. The highest BCUT2D eigenvalue weighted by atomic mass is 127. The van der Waals surface area contributed by atoms with Gasteiger partial charge in [0.2, 0.25) is 0 Å². The van der Waals surface area contributed by atoms with Crippen LogP contribution in [0.3, 0.4) is 0 Å². The van der Waals surface area contributed by atoms with Gasteiger partial charge in [0.25, 0.3) is 0 Å². The summed E-state index contributed by atoms with van der Waals surface area (Å²) in [5.41, 5.74) is 1.55. The topological polar surface area (TPSA) is 51.2 Å². The molecule has 0 bridgehead atoms. The van der Waals surface area contributed by atoms with Gasteiger partial charge in [0.1, 0.15) is 4.88 Å². The van der Waals surface area contributed by atoms with Crippen LogP contribution >= 0.6 is 45.5 Å². The summed E-state index contributed by atoms with van der Waals surface area (Å²) in [6.07, 6.45) is 0. The van der Waals surface area contributed by atoms with E-state index in [1.54, 1.807) is 13.0 Å². The van der Waals surface area contributed by atoms with Gasteiger partial charge in [-0.05, 0) is 47.7 Å². The van der Waals surface area contributed by atoms with Crippen molar-refractivity contribution in [2.45, 2.75) is 6.92 Å². The molecule has 0 atom stereocenters. The Morgan fingerprint density at radius 2 is 2.26 bits per heavy atom. The number of benzene rings is 1. The normalized spacial score (nSPS) is 10.3. The largest absolute Gasteiger partial charge is 0.465 e. The third-order valence-corrected chi connectivity index (χ3v) is 4.52. The van der Waals surface area contributed by atoms with E-state index in [4.69, 9.17) is 16.3 Å². The fourth-order valence-corrected chi connectivity index (χ4v) is 3.34. The van der Waals surface area contributed by atoms with E-state index < -0.39 is 0 Å². The van der Waals surface area contributed by atoms with Crippen LogP contribution in [0.1, 0.15) is 15.4 Å². The summed E-state index contributed by atoms with van der Waals surface area (Å²) in [7, 11) is 1.36. The average Bonchev–Trinajstić information content (AvgIpc) is 2.73. The molecule has 2 aromatic rings. The Balaban J connectivity index is 2.26. The molecule has 0 aliphatic heterocycles. The number of methoxy groups -OCH3 is 1. The van der Waals surface area contributed by atoms with Gasteiger partial charge in [-0.3, -0.25) is 0 Å². The molecule has 100 valence electrons. The summed E-state index contributed by atoms with van der Waals surface area (Å²) < 4.78 is 5.69. The van der Waals surface area contributed by atoms with E-state index in [2.05, 4.69) is 32.9 Å². The van der Waals surface area contributed by atoms with Gasteiger partial charge in [0.05, 0.1) is 18.5 Å². The maximum Gasteiger partial charge on any atom is 0.350 e. The first kappa shape index (κ1) is 14.5. The van der Waals surface area contributed by atoms with E-state index in [0.717, 1.165) is 9.26 Å². The highest BCUT2D eigenvalue weighted by Crippen LogP contribution is 2.29. The first-order chi connectivity index (χ1) is 9.01. The first-order valence-electron chi connectivity index (χ1n) is 5.29. The van der Waals surface area contributed by atoms with Crippen LogP contribution in [-0.2, 0) is 4.74 Å². The summed E-state index contributed by atoms with van der Waals surface area (Å²) >= 11 is 9.36. The zero-order valence-electron chi connectivity index (χ0n) is 10.2. The van der Waals surface area contributed by atoms with E-state index in [9.17, 15) is 4.79 Å². The molecule has 0 aliphatic rings. The number of carbonyl (C=O) groups is 1. The second-order valence-electron chi connectivity index (χ2n) is 3.67. The van der Waals surface area contributed by atoms with Crippen molar-refractivity contribution in [2.75, 3.05) is 12.4 Å². The highest BCUT2D eigenvalue weighted by molar-refractivity contribution is 14.1. The number of aryl methyl sites for hydroxylation is 1. The van der Waals surface area contributed by atoms with E-state index in [0.29, 0.717) is 20.7 Å². The number of esters is 1. The van der Waals surface area contributed by atoms with Crippen molar-refractivity contribution in [2.24, 2.45) is 0 Å². The molecule has 4 nitrogen and oxygen atoms in total. The van der Waals surface area contributed by atoms with Crippen molar-refractivity contribution < 1.29 is 9.53 Å². The number of hydrogen-bond donors (Lipinski definition) is 1. The fraction of sp³-hybridized carbons (Fsp3) is 0.167. The Morgan fingerprint density at radius 3 is 2.89 bits per heavy atom. The van der Waals surface area contributed by atoms with Crippen LogP contribution in [0.15, 0.2) is 18.2 Å². The Kier molecular flexibility index (Phi) is 4.64. The van der Waals surface area contributed by atoms with Crippen LogP contribution in [0.5, 0.6) is 0 Å². The first-order valence-corrected chi connectivity index (χ1v) is 7.56. The maximum atomic E-state index is 11.5. The van der Waals surface area contributed by atoms with Gasteiger partial charge < -0.3 is 10.1 Å².